The Morgan fingerprint density at radius 2 is 2.26 bits per heavy atom. The number of likely N-dealkylation sites (tertiary alicyclic amines) is 1. The van der Waals surface area contributed by atoms with Crippen LogP contribution in [0.5, 0.6) is 0 Å². The molecule has 1 aliphatic heterocycles. The van der Waals surface area contributed by atoms with Gasteiger partial charge in [-0.15, -0.1) is 0 Å². The van der Waals surface area contributed by atoms with Crippen molar-refractivity contribution in [1.82, 2.24) is 15.2 Å². The first kappa shape index (κ1) is 14.0. The lowest BCUT2D eigenvalue weighted by Gasteiger charge is -2.31. The van der Waals surface area contributed by atoms with Crippen LogP contribution in [-0.4, -0.2) is 41.0 Å². The maximum atomic E-state index is 11.9. The minimum atomic E-state index is -0.0375. The van der Waals surface area contributed by atoms with Crippen molar-refractivity contribution in [3.8, 4) is 0 Å². The topological polar surface area (TPSA) is 45.2 Å². The van der Waals surface area contributed by atoms with E-state index in [0.29, 0.717) is 12.1 Å². The Balaban J connectivity index is 1.80. The lowest BCUT2D eigenvalue weighted by atomic mass is 10.0. The number of aryl methyl sites for hydroxylation is 1. The van der Waals surface area contributed by atoms with Crippen molar-refractivity contribution in [3.05, 3.63) is 29.6 Å². The summed E-state index contributed by atoms with van der Waals surface area (Å²) in [6.07, 6.45) is 4.12. The van der Waals surface area contributed by atoms with E-state index in [-0.39, 0.29) is 11.4 Å². The highest BCUT2D eigenvalue weighted by atomic mass is 16.1. The highest BCUT2D eigenvalue weighted by Crippen LogP contribution is 2.27. The largest absolute Gasteiger partial charge is 0.351 e. The summed E-state index contributed by atoms with van der Waals surface area (Å²) in [5.74, 6) is -0.0375. The highest BCUT2D eigenvalue weighted by molar-refractivity contribution is 5.93. The van der Waals surface area contributed by atoms with Crippen LogP contribution in [0.1, 0.15) is 42.7 Å². The van der Waals surface area contributed by atoms with E-state index in [1.807, 2.05) is 19.1 Å². The van der Waals surface area contributed by atoms with Gasteiger partial charge in [-0.05, 0) is 52.3 Å². The fraction of sp³-hybridized carbons (Fsp3) is 0.600. The Kier molecular flexibility index (Phi) is 4.20. The number of amides is 1. The molecule has 1 aromatic heterocycles. The fourth-order valence-electron chi connectivity index (χ4n) is 2.59. The van der Waals surface area contributed by atoms with Gasteiger partial charge in [0.2, 0.25) is 0 Å². The van der Waals surface area contributed by atoms with Crippen LogP contribution in [0.15, 0.2) is 18.3 Å². The van der Waals surface area contributed by atoms with Crippen molar-refractivity contribution < 1.29 is 4.79 Å². The van der Waals surface area contributed by atoms with Gasteiger partial charge in [0.05, 0.1) is 5.56 Å². The maximum absolute atomic E-state index is 11.9. The zero-order valence-corrected chi connectivity index (χ0v) is 12.1. The van der Waals surface area contributed by atoms with Crippen LogP contribution >= 0.6 is 0 Å². The van der Waals surface area contributed by atoms with E-state index in [9.17, 15) is 4.79 Å². The zero-order valence-electron chi connectivity index (χ0n) is 12.1. The normalized spacial score (nSPS) is 18.5. The van der Waals surface area contributed by atoms with Crippen molar-refractivity contribution in [2.45, 2.75) is 39.2 Å². The van der Waals surface area contributed by atoms with E-state index in [2.05, 4.69) is 29.0 Å². The molecule has 0 saturated carbocycles. The number of carbonyl (C=O) groups excluding carboxylic acids is 1. The number of rotatable bonds is 4. The summed E-state index contributed by atoms with van der Waals surface area (Å²) < 4.78 is 0. The molecule has 1 N–H and O–H groups in total. The maximum Gasteiger partial charge on any atom is 0.252 e. The van der Waals surface area contributed by atoms with Crippen LogP contribution in [0.3, 0.4) is 0 Å². The second-order valence-corrected chi connectivity index (χ2v) is 5.85. The number of pyridine rings is 1. The van der Waals surface area contributed by atoms with E-state index in [4.69, 9.17) is 0 Å². The first-order chi connectivity index (χ1) is 8.99. The molecule has 0 unspecified atom stereocenters. The van der Waals surface area contributed by atoms with Gasteiger partial charge in [-0.25, -0.2) is 0 Å². The molecule has 0 spiro atoms. The lowest BCUT2D eigenvalue weighted by molar-refractivity contribution is 0.0940. The molecule has 2 heterocycles. The Hall–Kier alpha value is -1.42. The van der Waals surface area contributed by atoms with Gasteiger partial charge in [0, 0.05) is 30.5 Å². The molecule has 2 rings (SSSR count). The highest BCUT2D eigenvalue weighted by Gasteiger charge is 2.31. The van der Waals surface area contributed by atoms with Crippen LogP contribution in [0.2, 0.25) is 0 Å². The minimum absolute atomic E-state index is 0.0375. The average Bonchev–Trinajstić information content (AvgIpc) is 2.69. The van der Waals surface area contributed by atoms with Crippen LogP contribution in [-0.2, 0) is 0 Å². The molecule has 104 valence electrons. The monoisotopic (exact) mass is 261 g/mol. The molecule has 1 fully saturated rings. The van der Waals surface area contributed by atoms with E-state index < -0.39 is 0 Å². The molecular formula is C15H23N3O. The fourth-order valence-corrected chi connectivity index (χ4v) is 2.59. The third-order valence-corrected chi connectivity index (χ3v) is 3.91. The van der Waals surface area contributed by atoms with Gasteiger partial charge < -0.3 is 5.32 Å². The van der Waals surface area contributed by atoms with Crippen molar-refractivity contribution in [2.75, 3.05) is 19.6 Å². The number of nitrogens with one attached hydrogen (secondary N) is 1. The predicted octanol–water partition coefficient (Wildman–Crippen LogP) is 1.99. The van der Waals surface area contributed by atoms with Gasteiger partial charge >= 0.3 is 0 Å². The summed E-state index contributed by atoms with van der Waals surface area (Å²) in [5.41, 5.74) is 1.83. The van der Waals surface area contributed by atoms with E-state index in [1.54, 1.807) is 6.20 Å². The quantitative estimate of drug-likeness (QED) is 0.901. The second kappa shape index (κ2) is 5.70. The van der Waals surface area contributed by atoms with Gasteiger partial charge in [0.15, 0.2) is 0 Å². The minimum Gasteiger partial charge on any atom is -0.351 e. The smallest absolute Gasteiger partial charge is 0.252 e. The Morgan fingerprint density at radius 1 is 1.47 bits per heavy atom. The van der Waals surface area contributed by atoms with Gasteiger partial charge in [-0.3, -0.25) is 14.7 Å². The molecule has 0 aliphatic carbocycles. The molecule has 4 heteroatoms. The van der Waals surface area contributed by atoms with Crippen molar-refractivity contribution in [2.24, 2.45) is 0 Å². The van der Waals surface area contributed by atoms with Crippen LogP contribution < -0.4 is 5.32 Å². The third kappa shape index (κ3) is 3.53. The molecule has 0 bridgehead atoms. The van der Waals surface area contributed by atoms with E-state index >= 15 is 0 Å². The molecule has 1 saturated heterocycles. The summed E-state index contributed by atoms with van der Waals surface area (Å²) in [6, 6.07) is 3.68. The number of nitrogens with zero attached hydrogens (tertiary/aromatic N) is 2. The summed E-state index contributed by atoms with van der Waals surface area (Å²) in [6.45, 7) is 9.19. The lowest BCUT2D eigenvalue weighted by Crippen LogP contribution is -2.43. The van der Waals surface area contributed by atoms with Gasteiger partial charge in [0.1, 0.15) is 0 Å². The first-order valence-corrected chi connectivity index (χ1v) is 6.95. The number of carbonyl (C=O) groups is 1. The van der Waals surface area contributed by atoms with E-state index in [1.165, 1.54) is 12.8 Å². The molecule has 4 nitrogen and oxygen atoms in total. The summed E-state index contributed by atoms with van der Waals surface area (Å²) in [4.78, 5) is 18.5. The van der Waals surface area contributed by atoms with Gasteiger partial charge in [0.25, 0.3) is 5.91 Å². The molecule has 19 heavy (non-hydrogen) atoms. The zero-order chi connectivity index (χ0) is 13.9. The summed E-state index contributed by atoms with van der Waals surface area (Å²) >= 11 is 0. The van der Waals surface area contributed by atoms with Crippen molar-refractivity contribution in [3.63, 3.8) is 0 Å². The SMILES string of the molecule is Cc1ccc(C(=O)NCCN2CCCC2(C)C)cn1. The molecular weight excluding hydrogens is 238 g/mol. The van der Waals surface area contributed by atoms with Crippen molar-refractivity contribution >= 4 is 5.91 Å². The Morgan fingerprint density at radius 3 is 2.84 bits per heavy atom. The van der Waals surface area contributed by atoms with Crippen LogP contribution in [0.4, 0.5) is 0 Å². The molecule has 0 aromatic carbocycles. The Bertz CT molecular complexity index is 439. The first-order valence-electron chi connectivity index (χ1n) is 6.95. The third-order valence-electron chi connectivity index (χ3n) is 3.91. The van der Waals surface area contributed by atoms with Gasteiger partial charge in [-0.1, -0.05) is 0 Å². The summed E-state index contributed by atoms with van der Waals surface area (Å²) in [7, 11) is 0. The molecule has 0 radical (unpaired) electrons. The molecule has 1 aliphatic rings. The number of aromatic nitrogens is 1. The number of hydrogen-bond donors (Lipinski definition) is 1. The van der Waals surface area contributed by atoms with Crippen molar-refractivity contribution in [1.29, 1.82) is 0 Å². The summed E-state index contributed by atoms with van der Waals surface area (Å²) in [5, 5.41) is 2.96. The predicted molar refractivity (Wildman–Crippen MR) is 76.2 cm³/mol. The Labute approximate surface area is 115 Å². The molecule has 1 amide bonds. The second-order valence-electron chi connectivity index (χ2n) is 5.85. The van der Waals surface area contributed by atoms with Crippen LogP contribution in [0.25, 0.3) is 0 Å². The van der Waals surface area contributed by atoms with Gasteiger partial charge in [-0.2, -0.15) is 0 Å². The average molecular weight is 261 g/mol. The standard InChI is InChI=1S/C15H23N3O/c1-12-5-6-13(11-17-12)14(19)16-8-10-18-9-4-7-15(18,2)3/h5-6,11H,4,7-10H2,1-3H3,(H,16,19). The molecule has 1 aromatic rings. The van der Waals surface area contributed by atoms with E-state index in [0.717, 1.165) is 18.8 Å². The number of hydrogen-bond acceptors (Lipinski definition) is 3. The molecule has 0 atom stereocenters. The van der Waals surface area contributed by atoms with Crippen LogP contribution in [0, 0.1) is 6.92 Å².